The number of imidazole rings is 1. The van der Waals surface area contributed by atoms with Crippen molar-refractivity contribution in [3.8, 4) is 0 Å². The molecule has 5 nitrogen and oxygen atoms in total. The number of rotatable bonds is 4. The number of carbonyl (C=O) groups is 1. The highest BCUT2D eigenvalue weighted by Crippen LogP contribution is 2.10. The van der Waals surface area contributed by atoms with Crippen LogP contribution in [0.3, 0.4) is 0 Å². The zero-order valence-electron chi connectivity index (χ0n) is 9.61. The van der Waals surface area contributed by atoms with Crippen LogP contribution in [0, 0.1) is 5.82 Å². The van der Waals surface area contributed by atoms with E-state index in [9.17, 15) is 9.18 Å². The van der Waals surface area contributed by atoms with Crippen molar-refractivity contribution in [3.63, 3.8) is 0 Å². The van der Waals surface area contributed by atoms with Crippen molar-refractivity contribution in [1.29, 1.82) is 0 Å². The second-order valence-electron chi connectivity index (χ2n) is 3.86. The zero-order chi connectivity index (χ0) is 13.0. The lowest BCUT2D eigenvalue weighted by atomic mass is 10.2. The van der Waals surface area contributed by atoms with Crippen molar-refractivity contribution in [2.45, 2.75) is 6.42 Å². The van der Waals surface area contributed by atoms with E-state index in [2.05, 4.69) is 15.3 Å². The minimum atomic E-state index is -0.520. The molecule has 0 fully saturated rings. The number of nitrogens with two attached hydrogens (primary N) is 1. The molecular weight excluding hydrogens is 235 g/mol. The van der Waals surface area contributed by atoms with Crippen molar-refractivity contribution in [3.05, 3.63) is 47.8 Å². The third-order valence-corrected chi connectivity index (χ3v) is 2.42. The normalized spacial score (nSPS) is 10.3. The second kappa shape index (κ2) is 5.31. The number of benzene rings is 1. The molecule has 1 amide bonds. The number of aromatic nitrogens is 2. The predicted octanol–water partition coefficient (Wildman–Crippen LogP) is 1.10. The molecule has 0 saturated carbocycles. The van der Waals surface area contributed by atoms with Crippen LogP contribution in [0.15, 0.2) is 30.7 Å². The Bertz CT molecular complexity index is 519. The minimum Gasteiger partial charge on any atom is -0.399 e. The molecular formula is C12H13FN4O. The van der Waals surface area contributed by atoms with Crippen molar-refractivity contribution < 1.29 is 9.18 Å². The average molecular weight is 248 g/mol. The molecule has 18 heavy (non-hydrogen) atoms. The van der Waals surface area contributed by atoms with Gasteiger partial charge in [-0.05, 0) is 18.2 Å². The van der Waals surface area contributed by atoms with E-state index in [0.717, 1.165) is 11.8 Å². The highest BCUT2D eigenvalue weighted by Gasteiger charge is 2.07. The van der Waals surface area contributed by atoms with Gasteiger partial charge in [0.05, 0.1) is 6.33 Å². The molecule has 0 aliphatic carbocycles. The number of anilines is 1. The summed E-state index contributed by atoms with van der Waals surface area (Å²) >= 11 is 0. The van der Waals surface area contributed by atoms with Crippen molar-refractivity contribution in [2.24, 2.45) is 0 Å². The maximum absolute atomic E-state index is 13.1. The summed E-state index contributed by atoms with van der Waals surface area (Å²) in [6, 6.07) is 3.76. The fraction of sp³-hybridized carbons (Fsp3) is 0.167. The molecule has 0 bridgehead atoms. The molecule has 1 aromatic heterocycles. The van der Waals surface area contributed by atoms with Gasteiger partial charge in [0.15, 0.2) is 0 Å². The van der Waals surface area contributed by atoms with Gasteiger partial charge >= 0.3 is 0 Å². The molecule has 6 heteroatoms. The molecule has 1 aromatic carbocycles. The summed E-state index contributed by atoms with van der Waals surface area (Å²) in [6.45, 7) is 0.442. The standard InChI is InChI=1S/C12H13FN4O/c13-9-3-8(4-10(14)5-9)12(18)16-2-1-11-6-15-7-17-11/h3-7H,1-2,14H2,(H,15,17)(H,16,18). The van der Waals surface area contributed by atoms with Crippen molar-refractivity contribution in [1.82, 2.24) is 15.3 Å². The molecule has 4 N–H and O–H groups in total. The number of halogens is 1. The molecule has 1 heterocycles. The minimum absolute atomic E-state index is 0.220. The van der Waals surface area contributed by atoms with Gasteiger partial charge in [0.25, 0.3) is 5.91 Å². The Kier molecular flexibility index (Phi) is 3.57. The first kappa shape index (κ1) is 12.1. The summed E-state index contributed by atoms with van der Waals surface area (Å²) in [5.74, 6) is -0.866. The number of aromatic amines is 1. The summed E-state index contributed by atoms with van der Waals surface area (Å²) < 4.78 is 13.1. The van der Waals surface area contributed by atoms with E-state index in [1.165, 1.54) is 12.1 Å². The lowest BCUT2D eigenvalue weighted by Gasteiger charge is -2.05. The number of amides is 1. The van der Waals surface area contributed by atoms with Gasteiger partial charge in [-0.1, -0.05) is 0 Å². The van der Waals surface area contributed by atoms with Gasteiger partial charge in [-0.15, -0.1) is 0 Å². The van der Waals surface area contributed by atoms with Gasteiger partial charge in [0.1, 0.15) is 5.82 Å². The van der Waals surface area contributed by atoms with E-state index in [0.29, 0.717) is 13.0 Å². The third-order valence-electron chi connectivity index (χ3n) is 2.42. The summed E-state index contributed by atoms with van der Waals surface area (Å²) in [7, 11) is 0. The van der Waals surface area contributed by atoms with Crippen LogP contribution >= 0.6 is 0 Å². The maximum Gasteiger partial charge on any atom is 0.251 e. The van der Waals surface area contributed by atoms with Crippen molar-refractivity contribution >= 4 is 11.6 Å². The first-order valence-corrected chi connectivity index (χ1v) is 5.46. The Morgan fingerprint density at radius 1 is 1.44 bits per heavy atom. The number of nitrogens with one attached hydrogen (secondary N) is 2. The van der Waals surface area contributed by atoms with Gasteiger partial charge in [0.2, 0.25) is 0 Å². The van der Waals surface area contributed by atoms with Crippen LogP contribution in [0.2, 0.25) is 0 Å². The Hall–Kier alpha value is -2.37. The lowest BCUT2D eigenvalue weighted by molar-refractivity contribution is 0.0953. The summed E-state index contributed by atoms with van der Waals surface area (Å²) in [5, 5.41) is 2.68. The number of H-pyrrole nitrogens is 1. The van der Waals surface area contributed by atoms with E-state index in [4.69, 9.17) is 5.73 Å². The van der Waals surface area contributed by atoms with Gasteiger partial charge in [-0.3, -0.25) is 4.79 Å². The smallest absolute Gasteiger partial charge is 0.251 e. The fourth-order valence-electron chi connectivity index (χ4n) is 1.58. The summed E-state index contributed by atoms with van der Waals surface area (Å²) in [5.41, 5.74) is 6.84. The highest BCUT2D eigenvalue weighted by atomic mass is 19.1. The topological polar surface area (TPSA) is 83.8 Å². The monoisotopic (exact) mass is 248 g/mol. The Morgan fingerprint density at radius 2 is 2.28 bits per heavy atom. The molecule has 0 atom stereocenters. The van der Waals surface area contributed by atoms with Crippen LogP contribution in [0.1, 0.15) is 16.1 Å². The van der Waals surface area contributed by atoms with E-state index in [1.807, 2.05) is 0 Å². The van der Waals surface area contributed by atoms with E-state index < -0.39 is 5.82 Å². The molecule has 0 aliphatic heterocycles. The second-order valence-corrected chi connectivity index (χ2v) is 3.86. The van der Waals surface area contributed by atoms with Crippen LogP contribution in [0.5, 0.6) is 0 Å². The molecule has 0 saturated heterocycles. The van der Waals surface area contributed by atoms with Crippen LogP contribution in [-0.2, 0) is 6.42 Å². The van der Waals surface area contributed by atoms with E-state index in [1.54, 1.807) is 12.5 Å². The largest absolute Gasteiger partial charge is 0.399 e. The quantitative estimate of drug-likeness (QED) is 0.708. The molecule has 94 valence electrons. The van der Waals surface area contributed by atoms with Gasteiger partial charge in [-0.2, -0.15) is 0 Å². The summed E-state index contributed by atoms with van der Waals surface area (Å²) in [6.07, 6.45) is 3.90. The van der Waals surface area contributed by atoms with Gasteiger partial charge < -0.3 is 16.0 Å². The predicted molar refractivity (Wildman–Crippen MR) is 65.4 cm³/mol. The lowest BCUT2D eigenvalue weighted by Crippen LogP contribution is -2.26. The first-order valence-electron chi connectivity index (χ1n) is 5.46. The molecule has 0 unspecified atom stereocenters. The molecule has 0 radical (unpaired) electrons. The van der Waals surface area contributed by atoms with Crippen molar-refractivity contribution in [2.75, 3.05) is 12.3 Å². The molecule has 2 rings (SSSR count). The Morgan fingerprint density at radius 3 is 2.94 bits per heavy atom. The van der Waals surface area contributed by atoms with Crippen LogP contribution in [0.4, 0.5) is 10.1 Å². The van der Waals surface area contributed by atoms with Gasteiger partial charge in [0, 0.05) is 36.1 Å². The SMILES string of the molecule is Nc1cc(F)cc(C(=O)NCCc2cnc[nH]2)c1. The zero-order valence-corrected chi connectivity index (χ0v) is 9.61. The number of nitrogen functional groups attached to an aromatic ring is 1. The first-order chi connectivity index (χ1) is 8.65. The molecule has 0 aliphatic rings. The van der Waals surface area contributed by atoms with E-state index in [-0.39, 0.29) is 17.2 Å². The Labute approximate surface area is 103 Å². The number of nitrogens with zero attached hydrogens (tertiary/aromatic N) is 1. The Balaban J connectivity index is 1.91. The maximum atomic E-state index is 13.1. The van der Waals surface area contributed by atoms with Gasteiger partial charge in [-0.25, -0.2) is 9.37 Å². The van der Waals surface area contributed by atoms with Crippen LogP contribution in [0.25, 0.3) is 0 Å². The van der Waals surface area contributed by atoms with Crippen LogP contribution in [-0.4, -0.2) is 22.4 Å². The highest BCUT2D eigenvalue weighted by molar-refractivity contribution is 5.95. The number of hydrogen-bond donors (Lipinski definition) is 3. The fourth-order valence-corrected chi connectivity index (χ4v) is 1.58. The average Bonchev–Trinajstić information content (AvgIpc) is 2.80. The third kappa shape index (κ3) is 3.07. The molecule has 0 spiro atoms. The van der Waals surface area contributed by atoms with E-state index >= 15 is 0 Å². The number of carbonyl (C=O) groups excluding carboxylic acids is 1. The van der Waals surface area contributed by atoms with Crippen LogP contribution < -0.4 is 11.1 Å². The molecule has 2 aromatic rings. The summed E-state index contributed by atoms with van der Waals surface area (Å²) in [4.78, 5) is 18.5. The number of hydrogen-bond acceptors (Lipinski definition) is 3.